The lowest BCUT2D eigenvalue weighted by Crippen LogP contribution is -2.36. The molecule has 3 heterocycles. The van der Waals surface area contributed by atoms with Gasteiger partial charge in [-0.25, -0.2) is 0 Å². The molecule has 2 atom stereocenters. The summed E-state index contributed by atoms with van der Waals surface area (Å²) in [6.45, 7) is 7.19. The van der Waals surface area contributed by atoms with Crippen LogP contribution < -0.4 is 14.9 Å². The van der Waals surface area contributed by atoms with Crippen molar-refractivity contribution in [1.29, 1.82) is 0 Å². The first-order valence-electron chi connectivity index (χ1n) is 10.5. The second-order valence-corrected chi connectivity index (χ2v) is 8.65. The van der Waals surface area contributed by atoms with Crippen LogP contribution in [0.25, 0.3) is 11.3 Å². The van der Waals surface area contributed by atoms with E-state index in [1.54, 1.807) is 26.5 Å². The van der Waals surface area contributed by atoms with E-state index in [2.05, 4.69) is 0 Å². The first-order chi connectivity index (χ1) is 14.8. The van der Waals surface area contributed by atoms with Crippen molar-refractivity contribution in [2.24, 2.45) is 0 Å². The molecule has 4 rings (SSSR count). The van der Waals surface area contributed by atoms with Crippen LogP contribution in [-0.4, -0.2) is 50.0 Å². The SMILES string of the molecule is COCCCOc1cc2c(cc1OC)-c1cc(=O)c(C(C)=O)cn1[C@H]1[C@@H]2COC1(C)C. The molecule has 0 bridgehead atoms. The summed E-state index contributed by atoms with van der Waals surface area (Å²) in [6.07, 6.45) is 2.46. The van der Waals surface area contributed by atoms with Gasteiger partial charge in [0, 0.05) is 43.9 Å². The minimum Gasteiger partial charge on any atom is -0.493 e. The number of fused-ring (bicyclic) bond motifs is 6. The van der Waals surface area contributed by atoms with E-state index in [1.807, 2.05) is 30.5 Å². The van der Waals surface area contributed by atoms with Gasteiger partial charge in [0.2, 0.25) is 0 Å². The maximum absolute atomic E-state index is 12.7. The Balaban J connectivity index is 1.88. The van der Waals surface area contributed by atoms with Gasteiger partial charge in [-0.05, 0) is 38.5 Å². The second-order valence-electron chi connectivity index (χ2n) is 8.65. The third kappa shape index (κ3) is 3.66. The molecule has 0 saturated carbocycles. The zero-order valence-corrected chi connectivity index (χ0v) is 18.7. The molecule has 0 unspecified atom stereocenters. The van der Waals surface area contributed by atoms with Crippen LogP contribution in [0.15, 0.2) is 29.2 Å². The molecule has 1 saturated heterocycles. The van der Waals surface area contributed by atoms with E-state index in [1.165, 1.54) is 6.92 Å². The van der Waals surface area contributed by atoms with Crippen molar-refractivity contribution >= 4 is 5.78 Å². The number of ketones is 1. The Morgan fingerprint density at radius 2 is 1.97 bits per heavy atom. The maximum Gasteiger partial charge on any atom is 0.192 e. The topological polar surface area (TPSA) is 76.0 Å². The predicted molar refractivity (Wildman–Crippen MR) is 116 cm³/mol. The fourth-order valence-corrected chi connectivity index (χ4v) is 4.78. The molecule has 2 aliphatic heterocycles. The zero-order chi connectivity index (χ0) is 22.3. The highest BCUT2D eigenvalue weighted by Gasteiger charge is 2.49. The van der Waals surface area contributed by atoms with Gasteiger partial charge >= 0.3 is 0 Å². The van der Waals surface area contributed by atoms with Gasteiger partial charge in [0.15, 0.2) is 22.7 Å². The van der Waals surface area contributed by atoms with Crippen molar-refractivity contribution in [3.8, 4) is 22.8 Å². The number of carbonyl (C=O) groups is 1. The smallest absolute Gasteiger partial charge is 0.192 e. The van der Waals surface area contributed by atoms with Gasteiger partial charge in [0.05, 0.1) is 43.2 Å². The van der Waals surface area contributed by atoms with Crippen molar-refractivity contribution < 1.29 is 23.7 Å². The van der Waals surface area contributed by atoms with E-state index in [9.17, 15) is 9.59 Å². The van der Waals surface area contributed by atoms with Crippen molar-refractivity contribution in [3.05, 3.63) is 45.7 Å². The number of ether oxygens (including phenoxy) is 4. The number of aromatic nitrogens is 1. The van der Waals surface area contributed by atoms with E-state index in [0.29, 0.717) is 31.3 Å². The number of methoxy groups -OCH3 is 2. The molecule has 1 fully saturated rings. The van der Waals surface area contributed by atoms with E-state index in [-0.39, 0.29) is 28.7 Å². The molecule has 0 amide bonds. The van der Waals surface area contributed by atoms with Crippen molar-refractivity contribution in [3.63, 3.8) is 0 Å². The number of hydrogen-bond acceptors (Lipinski definition) is 6. The third-order valence-electron chi connectivity index (χ3n) is 6.25. The molecule has 0 spiro atoms. The Bertz CT molecular complexity index is 1070. The minimum atomic E-state index is -0.459. The van der Waals surface area contributed by atoms with Crippen LogP contribution in [0.4, 0.5) is 0 Å². The molecule has 0 radical (unpaired) electrons. The number of pyridine rings is 1. The first-order valence-corrected chi connectivity index (χ1v) is 10.5. The van der Waals surface area contributed by atoms with Crippen LogP contribution in [0.2, 0.25) is 0 Å². The summed E-state index contributed by atoms with van der Waals surface area (Å²) in [5.41, 5.74) is 2.18. The molecule has 1 aromatic heterocycles. The molecule has 2 aromatic rings. The number of benzene rings is 1. The highest BCUT2D eigenvalue weighted by Crippen LogP contribution is 2.54. The maximum atomic E-state index is 12.7. The molecule has 7 heteroatoms. The molecule has 0 N–H and O–H groups in total. The first kappa shape index (κ1) is 21.6. The number of nitrogens with zero attached hydrogens (tertiary/aromatic N) is 1. The average molecular weight is 427 g/mol. The highest BCUT2D eigenvalue weighted by atomic mass is 16.5. The molecule has 31 heavy (non-hydrogen) atoms. The van der Waals surface area contributed by atoms with Gasteiger partial charge < -0.3 is 23.5 Å². The number of carbonyl (C=O) groups excluding carboxylic acids is 1. The standard InChI is InChI=1S/C24H29NO6/c1-14(26)17-12-25-19(11-20(17)27)16-10-21(29-5)22(30-8-6-7-28-4)9-15(16)18-13-31-24(2,3)23(18)25/h9-12,18,23H,6-8,13H2,1-5H3/t18-,23+/m1/s1. The van der Waals surface area contributed by atoms with Gasteiger partial charge in [-0.15, -0.1) is 0 Å². The molecule has 2 aliphatic rings. The summed E-state index contributed by atoms with van der Waals surface area (Å²) in [4.78, 5) is 24.7. The summed E-state index contributed by atoms with van der Waals surface area (Å²) >= 11 is 0. The van der Waals surface area contributed by atoms with Crippen LogP contribution in [-0.2, 0) is 9.47 Å². The Morgan fingerprint density at radius 3 is 2.65 bits per heavy atom. The molecular formula is C24H29NO6. The lowest BCUT2D eigenvalue weighted by molar-refractivity contribution is 0.0145. The summed E-state index contributed by atoms with van der Waals surface area (Å²) < 4.78 is 24.9. The fourth-order valence-electron chi connectivity index (χ4n) is 4.78. The lowest BCUT2D eigenvalue weighted by atomic mass is 9.79. The predicted octanol–water partition coefficient (Wildman–Crippen LogP) is 3.59. The Hall–Kier alpha value is -2.64. The van der Waals surface area contributed by atoms with Crippen LogP contribution in [0, 0.1) is 0 Å². The normalized spacial score (nSPS) is 20.5. The molecule has 7 nitrogen and oxygen atoms in total. The number of Topliss-reactive ketones (excluding diaryl/α,β-unsaturated/α-hetero) is 1. The Kier molecular flexibility index (Phi) is 5.66. The average Bonchev–Trinajstić information content (AvgIpc) is 3.05. The van der Waals surface area contributed by atoms with E-state index >= 15 is 0 Å². The Morgan fingerprint density at radius 1 is 1.19 bits per heavy atom. The quantitative estimate of drug-likeness (QED) is 0.497. The summed E-state index contributed by atoms with van der Waals surface area (Å²) in [5.74, 6) is 1.09. The zero-order valence-electron chi connectivity index (χ0n) is 18.7. The largest absolute Gasteiger partial charge is 0.493 e. The third-order valence-corrected chi connectivity index (χ3v) is 6.25. The molecule has 166 valence electrons. The molecule has 0 aliphatic carbocycles. The van der Waals surface area contributed by atoms with Gasteiger partial charge in [0.25, 0.3) is 0 Å². The summed E-state index contributed by atoms with van der Waals surface area (Å²) in [7, 11) is 3.27. The van der Waals surface area contributed by atoms with Gasteiger partial charge in [-0.3, -0.25) is 9.59 Å². The summed E-state index contributed by atoms with van der Waals surface area (Å²) in [6, 6.07) is 5.43. The second kappa shape index (κ2) is 8.13. The molecular weight excluding hydrogens is 398 g/mol. The van der Waals surface area contributed by atoms with Crippen molar-refractivity contribution in [2.45, 2.75) is 44.8 Å². The van der Waals surface area contributed by atoms with Crippen LogP contribution in [0.3, 0.4) is 0 Å². The Labute approximate surface area is 181 Å². The summed E-state index contributed by atoms with van der Waals surface area (Å²) in [5, 5.41) is 0. The van der Waals surface area contributed by atoms with Gasteiger partial charge in [-0.2, -0.15) is 0 Å². The van der Waals surface area contributed by atoms with E-state index in [4.69, 9.17) is 18.9 Å². The van der Waals surface area contributed by atoms with Crippen molar-refractivity contribution in [2.75, 3.05) is 34.0 Å². The number of hydrogen-bond donors (Lipinski definition) is 0. The monoisotopic (exact) mass is 427 g/mol. The van der Waals surface area contributed by atoms with Crippen LogP contribution >= 0.6 is 0 Å². The van der Waals surface area contributed by atoms with Crippen LogP contribution in [0.5, 0.6) is 11.5 Å². The van der Waals surface area contributed by atoms with E-state index < -0.39 is 5.60 Å². The van der Waals surface area contributed by atoms with Gasteiger partial charge in [-0.1, -0.05) is 0 Å². The minimum absolute atomic E-state index is 0.0524. The lowest BCUT2D eigenvalue weighted by Gasteiger charge is -2.38. The van der Waals surface area contributed by atoms with E-state index in [0.717, 1.165) is 23.2 Å². The highest BCUT2D eigenvalue weighted by molar-refractivity contribution is 5.94. The van der Waals surface area contributed by atoms with Crippen LogP contribution in [0.1, 0.15) is 55.1 Å². The fraction of sp³-hybridized carbons (Fsp3) is 0.500. The van der Waals surface area contributed by atoms with Gasteiger partial charge in [0.1, 0.15) is 0 Å². The molecule has 1 aromatic carbocycles. The van der Waals surface area contributed by atoms with Crippen molar-refractivity contribution in [1.82, 2.24) is 4.57 Å². The number of rotatable bonds is 7.